The number of benzene rings is 2. The van der Waals surface area contributed by atoms with Crippen molar-refractivity contribution in [2.24, 2.45) is 0 Å². The van der Waals surface area contributed by atoms with Crippen molar-refractivity contribution >= 4 is 33.2 Å². The van der Waals surface area contributed by atoms with Crippen LogP contribution in [-0.2, 0) is 14.8 Å². The number of morpholine rings is 1. The summed E-state index contributed by atoms with van der Waals surface area (Å²) in [6.45, 7) is -0.614. The molecule has 0 bridgehead atoms. The first-order chi connectivity index (χ1) is 14.6. The molecule has 1 aliphatic rings. The summed E-state index contributed by atoms with van der Waals surface area (Å²) < 4.78 is 74.2. The van der Waals surface area contributed by atoms with E-state index < -0.39 is 28.7 Å². The molecule has 7 nitrogen and oxygen atoms in total. The molecule has 3 rings (SSSR count). The van der Waals surface area contributed by atoms with Crippen LogP contribution in [0.1, 0.15) is 10.4 Å². The predicted octanol–water partition coefficient (Wildman–Crippen LogP) is 3.55. The maximum Gasteiger partial charge on any atom is 0.422 e. The predicted molar refractivity (Wildman–Crippen MR) is 107 cm³/mol. The summed E-state index contributed by atoms with van der Waals surface area (Å²) >= 11 is 5.88. The molecule has 1 N–H and O–H groups in total. The minimum Gasteiger partial charge on any atom is -0.482 e. The number of carbonyl (C=O) groups excluding carboxylic acids is 1. The van der Waals surface area contributed by atoms with Crippen LogP contribution in [0.25, 0.3) is 0 Å². The average Bonchev–Trinajstić information content (AvgIpc) is 2.73. The lowest BCUT2D eigenvalue weighted by Gasteiger charge is -2.26. The van der Waals surface area contributed by atoms with Crippen molar-refractivity contribution in [3.63, 3.8) is 0 Å². The van der Waals surface area contributed by atoms with Gasteiger partial charge in [0.05, 0.1) is 23.8 Å². The highest BCUT2D eigenvalue weighted by Crippen LogP contribution is 2.30. The first kappa shape index (κ1) is 23.3. The Bertz CT molecular complexity index is 1060. The van der Waals surface area contributed by atoms with Gasteiger partial charge in [-0.1, -0.05) is 17.7 Å². The van der Waals surface area contributed by atoms with E-state index in [0.29, 0.717) is 0 Å². The Morgan fingerprint density at radius 2 is 1.87 bits per heavy atom. The van der Waals surface area contributed by atoms with Gasteiger partial charge >= 0.3 is 6.18 Å². The summed E-state index contributed by atoms with van der Waals surface area (Å²) in [5, 5.41) is 2.58. The molecule has 0 radical (unpaired) electrons. The monoisotopic (exact) mass is 478 g/mol. The molecule has 1 heterocycles. The lowest BCUT2D eigenvalue weighted by atomic mass is 10.2. The van der Waals surface area contributed by atoms with Gasteiger partial charge in [-0.15, -0.1) is 0 Å². The second kappa shape index (κ2) is 9.43. The molecule has 1 aliphatic heterocycles. The molecule has 1 fully saturated rings. The van der Waals surface area contributed by atoms with Crippen LogP contribution in [0.5, 0.6) is 5.75 Å². The fourth-order valence-electron chi connectivity index (χ4n) is 2.81. The number of hydrogen-bond acceptors (Lipinski definition) is 5. The fraction of sp³-hybridized carbons (Fsp3) is 0.316. The van der Waals surface area contributed by atoms with Crippen molar-refractivity contribution in [3.05, 3.63) is 53.1 Å². The number of halogens is 4. The molecule has 1 amide bonds. The van der Waals surface area contributed by atoms with Crippen molar-refractivity contribution in [1.29, 1.82) is 0 Å². The summed E-state index contributed by atoms with van der Waals surface area (Å²) in [6.07, 6.45) is -4.57. The summed E-state index contributed by atoms with van der Waals surface area (Å²) in [7, 11) is -3.83. The lowest BCUT2D eigenvalue weighted by molar-refractivity contribution is -0.153. The van der Waals surface area contributed by atoms with Crippen LogP contribution >= 0.6 is 11.6 Å². The number of nitrogens with one attached hydrogen (secondary N) is 1. The number of rotatable bonds is 6. The molecule has 1 saturated heterocycles. The van der Waals surface area contributed by atoms with Gasteiger partial charge in [-0.05, 0) is 36.4 Å². The van der Waals surface area contributed by atoms with Crippen LogP contribution in [0.3, 0.4) is 0 Å². The molecule has 2 aromatic carbocycles. The van der Waals surface area contributed by atoms with E-state index >= 15 is 0 Å². The molecule has 0 saturated carbocycles. The molecule has 0 aromatic heterocycles. The van der Waals surface area contributed by atoms with Gasteiger partial charge < -0.3 is 14.8 Å². The Balaban J connectivity index is 1.82. The smallest absolute Gasteiger partial charge is 0.422 e. The standard InChI is InChI=1S/C19H18ClF3N2O5S/c20-14-4-5-17(30-12-19(21,22)23)16(11-14)24-18(26)13-2-1-3-15(10-13)31(27,28)25-6-8-29-9-7-25/h1-5,10-11H,6-9,12H2,(H,24,26). The molecule has 0 unspecified atom stereocenters. The largest absolute Gasteiger partial charge is 0.482 e. The van der Waals surface area contributed by atoms with Crippen molar-refractivity contribution in [1.82, 2.24) is 4.31 Å². The first-order valence-corrected chi connectivity index (χ1v) is 10.9. The number of amides is 1. The third-order valence-electron chi connectivity index (χ3n) is 4.29. The van der Waals surface area contributed by atoms with E-state index in [1.165, 1.54) is 46.8 Å². The zero-order valence-electron chi connectivity index (χ0n) is 16.0. The topological polar surface area (TPSA) is 84.9 Å². The number of sulfonamides is 1. The van der Waals surface area contributed by atoms with E-state index in [9.17, 15) is 26.4 Å². The van der Waals surface area contributed by atoms with E-state index in [0.717, 1.165) is 0 Å². The highest BCUT2D eigenvalue weighted by Gasteiger charge is 2.29. The van der Waals surface area contributed by atoms with Crippen LogP contribution in [0, 0.1) is 0 Å². The third-order valence-corrected chi connectivity index (χ3v) is 6.41. The van der Waals surface area contributed by atoms with E-state index in [1.807, 2.05) is 0 Å². The van der Waals surface area contributed by atoms with E-state index in [-0.39, 0.29) is 53.2 Å². The summed E-state index contributed by atoms with van der Waals surface area (Å²) in [4.78, 5) is 12.6. The van der Waals surface area contributed by atoms with Gasteiger partial charge in [0.25, 0.3) is 5.91 Å². The second-order valence-electron chi connectivity index (χ2n) is 6.54. The Labute approximate surface area is 181 Å². The number of nitrogens with zero attached hydrogens (tertiary/aromatic N) is 1. The van der Waals surface area contributed by atoms with Gasteiger partial charge in [0.15, 0.2) is 6.61 Å². The van der Waals surface area contributed by atoms with Gasteiger partial charge in [0, 0.05) is 23.7 Å². The zero-order chi connectivity index (χ0) is 22.6. The lowest BCUT2D eigenvalue weighted by Crippen LogP contribution is -2.40. The molecular weight excluding hydrogens is 461 g/mol. The molecule has 0 spiro atoms. The maximum atomic E-state index is 12.8. The molecule has 0 aliphatic carbocycles. The van der Waals surface area contributed by atoms with Crippen LogP contribution in [-0.4, -0.2) is 57.7 Å². The van der Waals surface area contributed by atoms with Gasteiger partial charge in [0.1, 0.15) is 5.75 Å². The molecular formula is C19H18ClF3N2O5S. The second-order valence-corrected chi connectivity index (χ2v) is 8.92. The Morgan fingerprint density at radius 1 is 1.16 bits per heavy atom. The Kier molecular flexibility index (Phi) is 7.10. The number of carbonyl (C=O) groups is 1. The van der Waals surface area contributed by atoms with Crippen LogP contribution < -0.4 is 10.1 Å². The summed E-state index contributed by atoms with van der Waals surface area (Å²) in [6, 6.07) is 9.09. The van der Waals surface area contributed by atoms with Crippen molar-refractivity contribution in [3.8, 4) is 5.75 Å². The molecule has 12 heteroatoms. The SMILES string of the molecule is O=C(Nc1cc(Cl)ccc1OCC(F)(F)F)c1cccc(S(=O)(=O)N2CCOCC2)c1. The van der Waals surface area contributed by atoms with Crippen LogP contribution in [0.2, 0.25) is 5.02 Å². The molecule has 168 valence electrons. The molecule has 0 atom stereocenters. The quantitative estimate of drug-likeness (QED) is 0.686. The Morgan fingerprint density at radius 3 is 2.55 bits per heavy atom. The molecule has 31 heavy (non-hydrogen) atoms. The van der Waals surface area contributed by atoms with E-state index in [4.69, 9.17) is 21.1 Å². The highest BCUT2D eigenvalue weighted by atomic mass is 35.5. The first-order valence-electron chi connectivity index (χ1n) is 9.05. The minimum atomic E-state index is -4.57. The van der Waals surface area contributed by atoms with Crippen LogP contribution in [0.15, 0.2) is 47.4 Å². The number of hydrogen-bond donors (Lipinski definition) is 1. The fourth-order valence-corrected chi connectivity index (χ4v) is 4.44. The van der Waals surface area contributed by atoms with E-state index in [2.05, 4.69) is 5.32 Å². The minimum absolute atomic E-state index is 0.00363. The van der Waals surface area contributed by atoms with Crippen molar-refractivity contribution in [2.75, 3.05) is 38.2 Å². The Hall–Kier alpha value is -2.34. The number of ether oxygens (including phenoxy) is 2. The van der Waals surface area contributed by atoms with E-state index in [1.54, 1.807) is 0 Å². The summed E-state index contributed by atoms with van der Waals surface area (Å²) in [5.74, 6) is -0.967. The normalized spacial score (nSPS) is 15.5. The van der Waals surface area contributed by atoms with Gasteiger partial charge in [0.2, 0.25) is 10.0 Å². The third kappa shape index (κ3) is 6.10. The van der Waals surface area contributed by atoms with Gasteiger partial charge in [-0.25, -0.2) is 8.42 Å². The highest BCUT2D eigenvalue weighted by molar-refractivity contribution is 7.89. The maximum absolute atomic E-state index is 12.8. The number of alkyl halides is 3. The van der Waals surface area contributed by atoms with Gasteiger partial charge in [-0.2, -0.15) is 17.5 Å². The average molecular weight is 479 g/mol. The van der Waals surface area contributed by atoms with Gasteiger partial charge in [-0.3, -0.25) is 4.79 Å². The zero-order valence-corrected chi connectivity index (χ0v) is 17.6. The van der Waals surface area contributed by atoms with Crippen molar-refractivity contribution < 1.29 is 35.9 Å². The molecule has 2 aromatic rings. The summed E-state index contributed by atoms with van der Waals surface area (Å²) in [5.41, 5.74) is -0.0840. The van der Waals surface area contributed by atoms with Crippen molar-refractivity contribution in [2.45, 2.75) is 11.1 Å². The number of anilines is 1. The van der Waals surface area contributed by atoms with Crippen LogP contribution in [0.4, 0.5) is 18.9 Å².